The molecule has 2 aromatic rings. The first-order valence-corrected chi connectivity index (χ1v) is 8.86. The highest BCUT2D eigenvalue weighted by atomic mass is 35.5. The normalized spacial score (nSPS) is 11.5. The van der Waals surface area contributed by atoms with Crippen molar-refractivity contribution in [3.8, 4) is 17.2 Å². The van der Waals surface area contributed by atoms with Gasteiger partial charge in [-0.15, -0.1) is 0 Å². The third-order valence-corrected chi connectivity index (χ3v) is 4.13. The number of amides is 1. The van der Waals surface area contributed by atoms with Gasteiger partial charge in [0.1, 0.15) is 5.75 Å². The van der Waals surface area contributed by atoms with Crippen LogP contribution >= 0.6 is 11.6 Å². The van der Waals surface area contributed by atoms with E-state index in [9.17, 15) is 4.79 Å². The Labute approximate surface area is 159 Å². The first-order valence-electron chi connectivity index (χ1n) is 8.48. The molecule has 0 saturated carbocycles. The lowest BCUT2D eigenvalue weighted by Crippen LogP contribution is -2.38. The minimum absolute atomic E-state index is 0.145. The molecule has 0 bridgehead atoms. The summed E-state index contributed by atoms with van der Waals surface area (Å²) >= 11 is 5.95. The van der Waals surface area contributed by atoms with Crippen molar-refractivity contribution in [1.82, 2.24) is 5.32 Å². The van der Waals surface area contributed by atoms with Crippen molar-refractivity contribution in [2.75, 3.05) is 20.8 Å². The van der Waals surface area contributed by atoms with Gasteiger partial charge in [-0.3, -0.25) is 4.79 Å². The topological polar surface area (TPSA) is 56.8 Å². The number of carbonyl (C=O) groups is 1. The number of methoxy groups -OCH3 is 2. The molecule has 0 aliphatic heterocycles. The zero-order chi connectivity index (χ0) is 18.9. The summed E-state index contributed by atoms with van der Waals surface area (Å²) in [5, 5.41) is 3.49. The van der Waals surface area contributed by atoms with Crippen LogP contribution in [0.25, 0.3) is 0 Å². The van der Waals surface area contributed by atoms with Crippen LogP contribution in [0.2, 0.25) is 5.02 Å². The van der Waals surface area contributed by atoms with Gasteiger partial charge in [0, 0.05) is 11.6 Å². The Morgan fingerprint density at radius 3 is 2.54 bits per heavy atom. The third-order valence-electron chi connectivity index (χ3n) is 3.90. The van der Waals surface area contributed by atoms with Crippen LogP contribution in [0.4, 0.5) is 0 Å². The molecule has 2 aromatic carbocycles. The molecule has 0 unspecified atom stereocenters. The number of rotatable bonds is 9. The maximum atomic E-state index is 12.4. The van der Waals surface area contributed by atoms with E-state index in [4.69, 9.17) is 25.8 Å². The van der Waals surface area contributed by atoms with Crippen molar-refractivity contribution < 1.29 is 19.0 Å². The van der Waals surface area contributed by atoms with Crippen molar-refractivity contribution in [1.29, 1.82) is 0 Å². The molecular formula is C20H24ClNO4. The van der Waals surface area contributed by atoms with Crippen LogP contribution in [-0.2, 0) is 11.2 Å². The second-order valence-electron chi connectivity index (χ2n) is 5.70. The van der Waals surface area contributed by atoms with Crippen LogP contribution < -0.4 is 19.5 Å². The van der Waals surface area contributed by atoms with Gasteiger partial charge in [-0.05, 0) is 48.7 Å². The highest BCUT2D eigenvalue weighted by Gasteiger charge is 2.18. The molecule has 6 heteroatoms. The molecule has 0 aliphatic rings. The maximum Gasteiger partial charge on any atom is 0.261 e. The Balaban J connectivity index is 1.88. The van der Waals surface area contributed by atoms with E-state index in [1.165, 1.54) is 0 Å². The molecule has 0 fully saturated rings. The van der Waals surface area contributed by atoms with E-state index in [1.54, 1.807) is 38.5 Å². The molecule has 1 N–H and O–H groups in total. The smallest absolute Gasteiger partial charge is 0.261 e. The van der Waals surface area contributed by atoms with Crippen molar-refractivity contribution in [3.05, 3.63) is 53.1 Å². The van der Waals surface area contributed by atoms with Gasteiger partial charge in [0.25, 0.3) is 5.91 Å². The Morgan fingerprint density at radius 2 is 1.88 bits per heavy atom. The highest BCUT2D eigenvalue weighted by Crippen LogP contribution is 2.27. The summed E-state index contributed by atoms with van der Waals surface area (Å²) in [7, 11) is 3.20. The van der Waals surface area contributed by atoms with Crippen molar-refractivity contribution >= 4 is 17.5 Å². The van der Waals surface area contributed by atoms with E-state index in [0.717, 1.165) is 5.56 Å². The van der Waals surface area contributed by atoms with E-state index in [1.807, 2.05) is 25.1 Å². The highest BCUT2D eigenvalue weighted by molar-refractivity contribution is 6.30. The predicted molar refractivity (Wildman–Crippen MR) is 102 cm³/mol. The molecule has 26 heavy (non-hydrogen) atoms. The molecule has 0 spiro atoms. The number of halogens is 1. The molecule has 0 saturated heterocycles. The second-order valence-corrected chi connectivity index (χ2v) is 6.14. The zero-order valence-corrected chi connectivity index (χ0v) is 16.0. The molecule has 1 atom stereocenters. The van der Waals surface area contributed by atoms with Gasteiger partial charge in [-0.1, -0.05) is 30.7 Å². The predicted octanol–water partition coefficient (Wildman–Crippen LogP) is 3.87. The summed E-state index contributed by atoms with van der Waals surface area (Å²) in [4.78, 5) is 12.4. The molecule has 0 radical (unpaired) electrons. The van der Waals surface area contributed by atoms with Gasteiger partial charge in [0.15, 0.2) is 17.6 Å². The average Bonchev–Trinajstić information content (AvgIpc) is 2.65. The third kappa shape index (κ3) is 5.56. The van der Waals surface area contributed by atoms with Gasteiger partial charge in [-0.25, -0.2) is 0 Å². The molecule has 5 nitrogen and oxygen atoms in total. The minimum Gasteiger partial charge on any atom is -0.493 e. The quantitative estimate of drug-likeness (QED) is 0.720. The number of nitrogens with one attached hydrogen (secondary N) is 1. The molecule has 0 aromatic heterocycles. The van der Waals surface area contributed by atoms with Gasteiger partial charge in [0.2, 0.25) is 0 Å². The van der Waals surface area contributed by atoms with Crippen LogP contribution in [-0.4, -0.2) is 32.8 Å². The summed E-state index contributed by atoms with van der Waals surface area (Å²) in [5.74, 6) is 1.79. The number of benzene rings is 2. The summed E-state index contributed by atoms with van der Waals surface area (Å²) in [6, 6.07) is 12.7. The first kappa shape index (κ1) is 19.9. The number of hydrogen-bond acceptors (Lipinski definition) is 4. The lowest BCUT2D eigenvalue weighted by molar-refractivity contribution is -0.128. The van der Waals surface area contributed by atoms with Crippen molar-refractivity contribution in [3.63, 3.8) is 0 Å². The van der Waals surface area contributed by atoms with E-state index >= 15 is 0 Å². The van der Waals surface area contributed by atoms with Gasteiger partial charge >= 0.3 is 0 Å². The van der Waals surface area contributed by atoms with Gasteiger partial charge < -0.3 is 19.5 Å². The lowest BCUT2D eigenvalue weighted by Gasteiger charge is -2.17. The molecule has 0 heterocycles. The van der Waals surface area contributed by atoms with Crippen LogP contribution in [0.5, 0.6) is 17.2 Å². The summed E-state index contributed by atoms with van der Waals surface area (Å²) in [6.07, 6.45) is 0.688. The lowest BCUT2D eigenvalue weighted by atomic mass is 10.1. The van der Waals surface area contributed by atoms with E-state index < -0.39 is 6.10 Å². The molecule has 140 valence electrons. The van der Waals surface area contributed by atoms with E-state index in [0.29, 0.717) is 41.7 Å². The Morgan fingerprint density at radius 1 is 1.12 bits per heavy atom. The van der Waals surface area contributed by atoms with E-state index in [2.05, 4.69) is 5.32 Å². The molecule has 1 amide bonds. The van der Waals surface area contributed by atoms with Gasteiger partial charge in [-0.2, -0.15) is 0 Å². The Bertz CT molecular complexity index is 736. The number of carbonyl (C=O) groups excluding carboxylic acids is 1. The summed E-state index contributed by atoms with van der Waals surface area (Å²) < 4.78 is 16.3. The van der Waals surface area contributed by atoms with Crippen molar-refractivity contribution in [2.45, 2.75) is 25.9 Å². The van der Waals surface area contributed by atoms with E-state index in [-0.39, 0.29) is 5.91 Å². The van der Waals surface area contributed by atoms with Gasteiger partial charge in [0.05, 0.1) is 14.2 Å². The fraction of sp³-hybridized carbons (Fsp3) is 0.350. The maximum absolute atomic E-state index is 12.4. The summed E-state index contributed by atoms with van der Waals surface area (Å²) in [6.45, 7) is 2.41. The Hall–Kier alpha value is -2.40. The SMILES string of the molecule is CC[C@@H](Oc1cccc(Cl)c1)C(=O)NCCc1ccc(OC)c(OC)c1. The molecule has 0 aliphatic carbocycles. The standard InChI is InChI=1S/C20H24ClNO4/c1-4-17(26-16-7-5-6-15(21)13-16)20(23)22-11-10-14-8-9-18(24-2)19(12-14)25-3/h5-9,12-13,17H,4,10-11H2,1-3H3,(H,22,23)/t17-/m1/s1. The minimum atomic E-state index is -0.557. The van der Waals surface area contributed by atoms with Crippen molar-refractivity contribution in [2.24, 2.45) is 0 Å². The largest absolute Gasteiger partial charge is 0.493 e. The monoisotopic (exact) mass is 377 g/mol. The fourth-order valence-electron chi connectivity index (χ4n) is 2.51. The first-order chi connectivity index (χ1) is 12.6. The molecular weight excluding hydrogens is 354 g/mol. The van der Waals surface area contributed by atoms with Crippen LogP contribution in [0.1, 0.15) is 18.9 Å². The average molecular weight is 378 g/mol. The molecule has 2 rings (SSSR count). The summed E-state index contributed by atoms with van der Waals surface area (Å²) in [5.41, 5.74) is 1.05. The second kappa shape index (κ2) is 9.92. The van der Waals surface area contributed by atoms with Crippen LogP contribution in [0.3, 0.4) is 0 Å². The van der Waals surface area contributed by atoms with Crippen LogP contribution in [0.15, 0.2) is 42.5 Å². The number of ether oxygens (including phenoxy) is 3. The Kier molecular flexibility index (Phi) is 7.60. The number of hydrogen-bond donors (Lipinski definition) is 1. The fourth-order valence-corrected chi connectivity index (χ4v) is 2.69. The zero-order valence-electron chi connectivity index (χ0n) is 15.3. The van der Waals surface area contributed by atoms with Crippen LogP contribution in [0, 0.1) is 0 Å².